The van der Waals surface area contributed by atoms with Crippen molar-refractivity contribution in [1.82, 2.24) is 20.8 Å². The molecule has 2 N–H and O–H groups in total. The molecule has 25 heavy (non-hydrogen) atoms. The zero-order valence-electron chi connectivity index (χ0n) is 14.2. The Morgan fingerprint density at radius 3 is 2.88 bits per heavy atom. The second-order valence-electron chi connectivity index (χ2n) is 5.73. The summed E-state index contributed by atoms with van der Waals surface area (Å²) < 4.78 is 10.9. The molecule has 0 amide bonds. The fourth-order valence-corrected chi connectivity index (χ4v) is 2.67. The van der Waals surface area contributed by atoms with E-state index < -0.39 is 0 Å². The van der Waals surface area contributed by atoms with Crippen molar-refractivity contribution in [2.45, 2.75) is 32.4 Å². The monoisotopic (exact) mass is 363 g/mol. The molecule has 1 fully saturated rings. The van der Waals surface area contributed by atoms with Crippen LogP contribution < -0.4 is 10.6 Å². The number of aromatic nitrogens is 2. The number of nitrogens with zero attached hydrogens (tertiary/aromatic N) is 3. The highest BCUT2D eigenvalue weighted by molar-refractivity contribution is 6.30. The molecule has 134 valence electrons. The largest absolute Gasteiger partial charge is 0.376 e. The van der Waals surface area contributed by atoms with Gasteiger partial charge in [0.15, 0.2) is 5.96 Å². The Labute approximate surface area is 151 Å². The summed E-state index contributed by atoms with van der Waals surface area (Å²) in [6.45, 7) is 4.69. The second-order valence-corrected chi connectivity index (χ2v) is 6.17. The van der Waals surface area contributed by atoms with Crippen LogP contribution in [0.15, 0.2) is 33.8 Å². The quantitative estimate of drug-likeness (QED) is 0.606. The van der Waals surface area contributed by atoms with Crippen LogP contribution in [0.3, 0.4) is 0 Å². The predicted molar refractivity (Wildman–Crippen MR) is 96.5 cm³/mol. The van der Waals surface area contributed by atoms with Crippen molar-refractivity contribution in [2.24, 2.45) is 4.99 Å². The van der Waals surface area contributed by atoms with Gasteiger partial charge in [0, 0.05) is 30.3 Å². The third-order valence-corrected chi connectivity index (χ3v) is 4.06. The van der Waals surface area contributed by atoms with Gasteiger partial charge < -0.3 is 19.9 Å². The van der Waals surface area contributed by atoms with Crippen LogP contribution in [-0.4, -0.2) is 41.9 Å². The van der Waals surface area contributed by atoms with Crippen molar-refractivity contribution in [1.29, 1.82) is 0 Å². The van der Waals surface area contributed by atoms with Gasteiger partial charge in [-0.05, 0) is 44.0 Å². The smallest absolute Gasteiger partial charge is 0.248 e. The Kier molecular flexibility index (Phi) is 6.25. The minimum atomic E-state index is 0.253. The maximum absolute atomic E-state index is 5.89. The van der Waals surface area contributed by atoms with Gasteiger partial charge >= 0.3 is 0 Å². The van der Waals surface area contributed by atoms with Crippen molar-refractivity contribution >= 4 is 17.6 Å². The average Bonchev–Trinajstić information content (AvgIpc) is 3.30. The van der Waals surface area contributed by atoms with E-state index in [4.69, 9.17) is 20.9 Å². The van der Waals surface area contributed by atoms with Gasteiger partial charge in [0.2, 0.25) is 11.7 Å². The Morgan fingerprint density at radius 2 is 2.16 bits per heavy atom. The van der Waals surface area contributed by atoms with Gasteiger partial charge in [0.1, 0.15) is 6.54 Å². The maximum Gasteiger partial charge on any atom is 0.248 e. The summed E-state index contributed by atoms with van der Waals surface area (Å²) in [6.07, 6.45) is 2.46. The van der Waals surface area contributed by atoms with Crippen LogP contribution in [0.25, 0.3) is 11.4 Å². The van der Waals surface area contributed by atoms with E-state index in [1.807, 2.05) is 19.1 Å². The molecule has 1 aromatic carbocycles. The van der Waals surface area contributed by atoms with Gasteiger partial charge in [0.25, 0.3) is 0 Å². The first-order valence-corrected chi connectivity index (χ1v) is 8.84. The number of aliphatic imine (C=N–C) groups is 1. The summed E-state index contributed by atoms with van der Waals surface area (Å²) in [5.74, 6) is 1.70. The third-order valence-electron chi connectivity index (χ3n) is 3.81. The number of hydrogen-bond donors (Lipinski definition) is 2. The molecular weight excluding hydrogens is 342 g/mol. The Bertz CT molecular complexity index is 695. The Hall–Kier alpha value is -2.12. The van der Waals surface area contributed by atoms with Crippen LogP contribution in [0.4, 0.5) is 0 Å². The first-order chi connectivity index (χ1) is 12.2. The number of rotatable bonds is 6. The highest BCUT2D eigenvalue weighted by atomic mass is 35.5. The molecule has 2 aromatic rings. The number of halogens is 1. The molecule has 1 saturated heterocycles. The highest BCUT2D eigenvalue weighted by Crippen LogP contribution is 2.18. The van der Waals surface area contributed by atoms with Crippen LogP contribution in [0, 0.1) is 0 Å². The highest BCUT2D eigenvalue weighted by Gasteiger charge is 2.15. The molecular formula is C17H22ClN5O2. The molecule has 0 saturated carbocycles. The Balaban J connectivity index is 1.59. The molecule has 3 rings (SSSR count). The lowest BCUT2D eigenvalue weighted by atomic mass is 10.2. The van der Waals surface area contributed by atoms with E-state index in [0.29, 0.717) is 29.2 Å². The first kappa shape index (κ1) is 17.7. The number of ether oxygens (including phenoxy) is 1. The summed E-state index contributed by atoms with van der Waals surface area (Å²) in [7, 11) is 0. The van der Waals surface area contributed by atoms with Gasteiger partial charge in [-0.15, -0.1) is 0 Å². The van der Waals surface area contributed by atoms with Crippen LogP contribution in [-0.2, 0) is 11.3 Å². The van der Waals surface area contributed by atoms with E-state index >= 15 is 0 Å². The number of nitrogens with one attached hydrogen (secondary N) is 2. The number of benzene rings is 1. The van der Waals surface area contributed by atoms with E-state index in [-0.39, 0.29) is 6.10 Å². The first-order valence-electron chi connectivity index (χ1n) is 8.47. The normalized spacial score (nSPS) is 17.7. The molecule has 0 bridgehead atoms. The molecule has 1 aliphatic heterocycles. The summed E-state index contributed by atoms with van der Waals surface area (Å²) in [6, 6.07) is 7.30. The molecule has 1 atom stereocenters. The van der Waals surface area contributed by atoms with Crippen molar-refractivity contribution in [3.8, 4) is 11.4 Å². The Morgan fingerprint density at radius 1 is 1.32 bits per heavy atom. The van der Waals surface area contributed by atoms with Gasteiger partial charge in [0.05, 0.1) is 6.10 Å². The van der Waals surface area contributed by atoms with E-state index in [9.17, 15) is 0 Å². The summed E-state index contributed by atoms with van der Waals surface area (Å²) in [4.78, 5) is 8.86. The van der Waals surface area contributed by atoms with Gasteiger partial charge in [-0.1, -0.05) is 16.8 Å². The molecule has 0 aliphatic carbocycles. The van der Waals surface area contributed by atoms with Crippen molar-refractivity contribution in [2.75, 3.05) is 19.7 Å². The minimum Gasteiger partial charge on any atom is -0.376 e. The van der Waals surface area contributed by atoms with Gasteiger partial charge in [-0.3, -0.25) is 0 Å². The molecule has 0 spiro atoms. The minimum absolute atomic E-state index is 0.253. The van der Waals surface area contributed by atoms with E-state index in [0.717, 1.165) is 38.1 Å². The van der Waals surface area contributed by atoms with E-state index in [1.165, 1.54) is 0 Å². The molecule has 8 heteroatoms. The van der Waals surface area contributed by atoms with Gasteiger partial charge in [-0.2, -0.15) is 4.98 Å². The summed E-state index contributed by atoms with van der Waals surface area (Å²) >= 11 is 5.89. The van der Waals surface area contributed by atoms with Crippen LogP contribution in [0.5, 0.6) is 0 Å². The van der Waals surface area contributed by atoms with E-state index in [1.54, 1.807) is 12.1 Å². The molecule has 0 radical (unpaired) electrons. The fraction of sp³-hybridized carbons (Fsp3) is 0.471. The average molecular weight is 364 g/mol. The second kappa shape index (κ2) is 8.82. The zero-order valence-corrected chi connectivity index (χ0v) is 14.9. The van der Waals surface area contributed by atoms with Crippen molar-refractivity contribution in [3.63, 3.8) is 0 Å². The van der Waals surface area contributed by atoms with Crippen LogP contribution in [0.1, 0.15) is 25.7 Å². The van der Waals surface area contributed by atoms with Gasteiger partial charge in [-0.25, -0.2) is 4.99 Å². The molecule has 2 heterocycles. The molecule has 7 nitrogen and oxygen atoms in total. The lowest BCUT2D eigenvalue weighted by molar-refractivity contribution is 0.114. The van der Waals surface area contributed by atoms with Crippen molar-refractivity contribution < 1.29 is 9.26 Å². The summed E-state index contributed by atoms with van der Waals surface area (Å²) in [5.41, 5.74) is 0.854. The lowest BCUT2D eigenvalue weighted by Gasteiger charge is -2.14. The molecule has 1 aliphatic rings. The topological polar surface area (TPSA) is 84.6 Å². The molecule has 1 aromatic heterocycles. The predicted octanol–water partition coefficient (Wildman–Crippen LogP) is 2.62. The summed E-state index contributed by atoms with van der Waals surface area (Å²) in [5, 5.41) is 11.1. The van der Waals surface area contributed by atoms with E-state index in [2.05, 4.69) is 25.8 Å². The lowest BCUT2D eigenvalue weighted by Crippen LogP contribution is -2.41. The third kappa shape index (κ3) is 5.17. The standard InChI is InChI=1S/C17H22ClN5O2/c1-2-19-17(20-10-14-4-3-9-24-14)21-11-15-22-16(23-25-15)12-5-7-13(18)8-6-12/h5-8,14H,2-4,9-11H2,1H3,(H2,19,20,21). The van der Waals surface area contributed by atoms with Crippen LogP contribution >= 0.6 is 11.6 Å². The maximum atomic E-state index is 5.89. The molecule has 1 unspecified atom stereocenters. The fourth-order valence-electron chi connectivity index (χ4n) is 2.54. The van der Waals surface area contributed by atoms with Crippen LogP contribution in [0.2, 0.25) is 5.02 Å². The number of hydrogen-bond acceptors (Lipinski definition) is 5. The zero-order chi connectivity index (χ0) is 17.5. The SMILES string of the molecule is CCNC(=NCc1nc(-c2ccc(Cl)cc2)no1)NCC1CCCO1. The number of guanidine groups is 1. The van der Waals surface area contributed by atoms with Crippen molar-refractivity contribution in [3.05, 3.63) is 35.2 Å².